The molecular formula is C41H53N5. The molecule has 1 aliphatic carbocycles. The highest BCUT2D eigenvalue weighted by Crippen LogP contribution is 2.30. The van der Waals surface area contributed by atoms with Gasteiger partial charge in [-0.25, -0.2) is 0 Å². The maximum Gasteiger partial charge on any atom is 0.0734 e. The predicted octanol–water partition coefficient (Wildman–Crippen LogP) is 9.36. The first-order chi connectivity index (χ1) is 22.3. The summed E-state index contributed by atoms with van der Waals surface area (Å²) >= 11 is 0. The second-order valence-electron chi connectivity index (χ2n) is 11.3. The Hall–Kier alpha value is -4.77. The van der Waals surface area contributed by atoms with E-state index in [4.69, 9.17) is 4.99 Å². The van der Waals surface area contributed by atoms with E-state index in [1.165, 1.54) is 5.70 Å². The second kappa shape index (κ2) is 21.9. The number of nitrogens with zero attached hydrogens (tertiary/aromatic N) is 5. The number of hydrogen-bond acceptors (Lipinski definition) is 5. The summed E-state index contributed by atoms with van der Waals surface area (Å²) in [5.41, 5.74) is 3.46. The van der Waals surface area contributed by atoms with Gasteiger partial charge >= 0.3 is 0 Å². The van der Waals surface area contributed by atoms with E-state index in [1.54, 1.807) is 36.9 Å². The molecule has 0 spiro atoms. The lowest BCUT2D eigenvalue weighted by Gasteiger charge is -2.40. The lowest BCUT2D eigenvalue weighted by molar-refractivity contribution is 0.337. The third-order valence-corrected chi connectivity index (χ3v) is 7.62. The van der Waals surface area contributed by atoms with E-state index in [0.717, 1.165) is 24.3 Å². The lowest BCUT2D eigenvalue weighted by atomic mass is 9.97. The van der Waals surface area contributed by atoms with Gasteiger partial charge in [0.25, 0.3) is 0 Å². The molecule has 0 bridgehead atoms. The van der Waals surface area contributed by atoms with Crippen LogP contribution in [-0.4, -0.2) is 54.0 Å². The van der Waals surface area contributed by atoms with Gasteiger partial charge in [-0.2, -0.15) is 0 Å². The fraction of sp³-hybridized carbons (Fsp3) is 0.293. The number of pyridine rings is 1. The van der Waals surface area contributed by atoms with Crippen molar-refractivity contribution in [2.75, 3.05) is 18.5 Å². The molecule has 5 heteroatoms. The van der Waals surface area contributed by atoms with Crippen LogP contribution in [0.3, 0.4) is 0 Å². The number of aliphatic imine (C=N–C) groups is 2. The number of allylic oxidation sites excluding steroid dienone is 14. The predicted molar refractivity (Wildman–Crippen MR) is 204 cm³/mol. The normalized spacial score (nSPS) is 18.5. The first-order valence-corrected chi connectivity index (χ1v) is 16.0. The number of aromatic nitrogens is 1. The zero-order chi connectivity index (χ0) is 33.6. The number of likely N-dealkylation sites (N-methyl/N-ethyl adjacent to an activating group) is 1. The SMILES string of the molecule is C=CC=NC(CN(C)C1=CC=CC(N(c2cccnc2C)C(C)/C=C\C(C)/C=C/C=C\C=C\C=N/C=C\C=C)C1)C(C)/C=C\C=C. The molecule has 5 atom stereocenters. The molecule has 0 aliphatic heterocycles. The van der Waals surface area contributed by atoms with Crippen LogP contribution in [0.1, 0.15) is 32.9 Å². The van der Waals surface area contributed by atoms with Gasteiger partial charge in [-0.3, -0.25) is 15.0 Å². The third kappa shape index (κ3) is 13.5. The fourth-order valence-electron chi connectivity index (χ4n) is 5.05. The maximum absolute atomic E-state index is 4.80. The minimum absolute atomic E-state index is 0.0991. The molecule has 0 saturated carbocycles. The molecule has 46 heavy (non-hydrogen) atoms. The first-order valence-electron chi connectivity index (χ1n) is 16.0. The van der Waals surface area contributed by atoms with Gasteiger partial charge in [0.05, 0.1) is 23.5 Å². The van der Waals surface area contributed by atoms with Crippen LogP contribution in [0.2, 0.25) is 0 Å². The average Bonchev–Trinajstić information content (AvgIpc) is 3.06. The number of anilines is 1. The monoisotopic (exact) mass is 615 g/mol. The smallest absolute Gasteiger partial charge is 0.0734 e. The summed E-state index contributed by atoms with van der Waals surface area (Å²) in [4.78, 5) is 18.4. The van der Waals surface area contributed by atoms with Gasteiger partial charge in [0.15, 0.2) is 0 Å². The van der Waals surface area contributed by atoms with Crippen molar-refractivity contribution in [3.8, 4) is 0 Å². The van der Waals surface area contributed by atoms with Gasteiger partial charge in [0, 0.05) is 56.6 Å². The molecule has 5 unspecified atom stereocenters. The molecule has 2 rings (SSSR count). The highest BCUT2D eigenvalue weighted by Gasteiger charge is 2.27. The Morgan fingerprint density at radius 2 is 1.67 bits per heavy atom. The highest BCUT2D eigenvalue weighted by molar-refractivity contribution is 5.72. The standard InChI is InChI=1S/C41H53N5/c1-9-12-22-35(5)40(44-28-11-3)33-45(8)38-23-19-24-39(32-38)46(41-25-20-31-43-37(41)7)36(6)27-26-34(4)21-17-15-14-16-18-30-42-29-13-10-2/h9-31,34-36,39-40H,1-3,32-33H2,4-8H3/b15-14-,18-16+,21-17+,22-12-,27-26-,29-13-,42-30-,44-28?. The number of aryl methyl sites for hydroxylation is 1. The van der Waals surface area contributed by atoms with Crippen molar-refractivity contribution in [1.29, 1.82) is 0 Å². The zero-order valence-corrected chi connectivity index (χ0v) is 28.4. The molecule has 1 aromatic heterocycles. The largest absolute Gasteiger partial charge is 0.376 e. The highest BCUT2D eigenvalue weighted by atomic mass is 15.2. The summed E-state index contributed by atoms with van der Waals surface area (Å²) in [5, 5.41) is 0. The molecule has 1 heterocycles. The van der Waals surface area contributed by atoms with E-state index in [0.29, 0.717) is 0 Å². The molecule has 5 nitrogen and oxygen atoms in total. The van der Waals surface area contributed by atoms with E-state index < -0.39 is 0 Å². The number of rotatable bonds is 19. The van der Waals surface area contributed by atoms with E-state index in [2.05, 4.69) is 129 Å². The molecule has 0 saturated heterocycles. The van der Waals surface area contributed by atoms with Crippen molar-refractivity contribution in [2.24, 2.45) is 21.8 Å². The molecule has 242 valence electrons. The van der Waals surface area contributed by atoms with Crippen LogP contribution in [0.25, 0.3) is 0 Å². The Kier molecular flexibility index (Phi) is 17.8. The van der Waals surface area contributed by atoms with E-state index in [1.807, 2.05) is 48.7 Å². The van der Waals surface area contributed by atoms with E-state index in [9.17, 15) is 0 Å². The van der Waals surface area contributed by atoms with Crippen molar-refractivity contribution < 1.29 is 0 Å². The minimum Gasteiger partial charge on any atom is -0.376 e. The molecule has 1 aliphatic rings. The summed E-state index contributed by atoms with van der Waals surface area (Å²) in [5.74, 6) is 0.548. The van der Waals surface area contributed by atoms with Crippen LogP contribution >= 0.6 is 0 Å². The topological polar surface area (TPSA) is 44.1 Å². The van der Waals surface area contributed by atoms with E-state index >= 15 is 0 Å². The van der Waals surface area contributed by atoms with Crippen LogP contribution in [0.4, 0.5) is 5.69 Å². The van der Waals surface area contributed by atoms with Gasteiger partial charge in [-0.1, -0.05) is 119 Å². The Morgan fingerprint density at radius 3 is 2.41 bits per heavy atom. The van der Waals surface area contributed by atoms with Crippen molar-refractivity contribution >= 4 is 18.1 Å². The Bertz CT molecular complexity index is 1400. The third-order valence-electron chi connectivity index (χ3n) is 7.62. The molecule has 0 N–H and O–H groups in total. The lowest BCUT2D eigenvalue weighted by Crippen LogP contribution is -2.43. The van der Waals surface area contributed by atoms with Crippen molar-refractivity contribution in [3.05, 3.63) is 159 Å². The minimum atomic E-state index is 0.0991. The summed E-state index contributed by atoms with van der Waals surface area (Å²) < 4.78 is 0. The van der Waals surface area contributed by atoms with Gasteiger partial charge in [-0.05, 0) is 56.0 Å². The maximum atomic E-state index is 4.80. The molecule has 0 radical (unpaired) electrons. The molecular weight excluding hydrogens is 562 g/mol. The zero-order valence-electron chi connectivity index (χ0n) is 28.4. The Labute approximate surface area is 279 Å². The molecule has 1 aromatic rings. The van der Waals surface area contributed by atoms with Crippen LogP contribution in [0, 0.1) is 18.8 Å². The van der Waals surface area contributed by atoms with Gasteiger partial charge in [0.2, 0.25) is 0 Å². The molecule has 0 amide bonds. The van der Waals surface area contributed by atoms with Gasteiger partial charge in [-0.15, -0.1) is 0 Å². The second-order valence-corrected chi connectivity index (χ2v) is 11.3. The molecule has 0 fully saturated rings. The van der Waals surface area contributed by atoms with Crippen LogP contribution < -0.4 is 4.90 Å². The quantitative estimate of drug-likeness (QED) is 0.0885. The van der Waals surface area contributed by atoms with Crippen molar-refractivity contribution in [1.82, 2.24) is 9.88 Å². The Morgan fingerprint density at radius 1 is 0.913 bits per heavy atom. The Balaban J connectivity index is 2.18. The average molecular weight is 616 g/mol. The van der Waals surface area contributed by atoms with Gasteiger partial charge < -0.3 is 9.80 Å². The van der Waals surface area contributed by atoms with Crippen molar-refractivity contribution in [3.63, 3.8) is 0 Å². The number of hydrogen-bond donors (Lipinski definition) is 0. The van der Waals surface area contributed by atoms with Crippen LogP contribution in [-0.2, 0) is 0 Å². The van der Waals surface area contributed by atoms with Crippen LogP contribution in [0.15, 0.2) is 163 Å². The fourth-order valence-corrected chi connectivity index (χ4v) is 5.05. The van der Waals surface area contributed by atoms with Gasteiger partial charge in [0.1, 0.15) is 0 Å². The summed E-state index contributed by atoms with van der Waals surface area (Å²) in [7, 11) is 2.17. The van der Waals surface area contributed by atoms with Crippen molar-refractivity contribution in [2.45, 2.75) is 52.2 Å². The summed E-state index contributed by atoms with van der Waals surface area (Å²) in [6, 6.07) is 4.63. The van der Waals surface area contributed by atoms with E-state index in [-0.39, 0.29) is 30.0 Å². The first kappa shape index (κ1) is 37.4. The summed E-state index contributed by atoms with van der Waals surface area (Å²) in [6.45, 7) is 20.8. The summed E-state index contributed by atoms with van der Waals surface area (Å²) in [6.07, 6.45) is 42.7. The van der Waals surface area contributed by atoms with Crippen LogP contribution in [0.5, 0.6) is 0 Å². The molecule has 0 aromatic carbocycles.